The molecule has 1 aliphatic heterocycles. The van der Waals surface area contributed by atoms with Gasteiger partial charge in [0.15, 0.2) is 0 Å². The van der Waals surface area contributed by atoms with Crippen LogP contribution >= 0.6 is 15.9 Å². The van der Waals surface area contributed by atoms with Crippen molar-refractivity contribution in [2.24, 2.45) is 10.7 Å². The van der Waals surface area contributed by atoms with E-state index in [9.17, 15) is 4.39 Å². The fraction of sp³-hybridized carbons (Fsp3) is 0.0952. The fourth-order valence-corrected chi connectivity index (χ4v) is 3.86. The second kappa shape index (κ2) is 6.25. The van der Waals surface area contributed by atoms with Gasteiger partial charge in [0.2, 0.25) is 0 Å². The first-order chi connectivity index (χ1) is 12.6. The number of nitrogens with two attached hydrogens (primary N) is 1. The van der Waals surface area contributed by atoms with Crippen LogP contribution < -0.4 is 10.5 Å². The average molecular weight is 411 g/mol. The summed E-state index contributed by atoms with van der Waals surface area (Å²) < 4.78 is 19.5. The number of rotatable bonds is 3. The van der Waals surface area contributed by atoms with Crippen molar-refractivity contribution in [2.75, 3.05) is 7.11 Å². The van der Waals surface area contributed by atoms with Crippen molar-refractivity contribution < 1.29 is 9.13 Å². The number of ether oxygens (including phenoxy) is 1. The number of halogens is 2. The van der Waals surface area contributed by atoms with Gasteiger partial charge in [-0.05, 0) is 56.9 Å². The maximum Gasteiger partial charge on any atom is 0.139 e. The van der Waals surface area contributed by atoms with Gasteiger partial charge in [0, 0.05) is 5.56 Å². The Kier molecular flexibility index (Phi) is 4.04. The summed E-state index contributed by atoms with van der Waals surface area (Å²) in [4.78, 5) is 4.87. The van der Waals surface area contributed by atoms with Crippen LogP contribution in [0.5, 0.6) is 5.75 Å². The van der Waals surface area contributed by atoms with Crippen molar-refractivity contribution in [3.05, 3.63) is 99.3 Å². The Morgan fingerprint density at radius 3 is 2.38 bits per heavy atom. The molecule has 0 fully saturated rings. The van der Waals surface area contributed by atoms with Gasteiger partial charge >= 0.3 is 0 Å². The zero-order valence-corrected chi connectivity index (χ0v) is 15.6. The Labute approximate surface area is 159 Å². The smallest absolute Gasteiger partial charge is 0.139 e. The summed E-state index contributed by atoms with van der Waals surface area (Å²) in [5.74, 6) is 0.908. The summed E-state index contributed by atoms with van der Waals surface area (Å²) in [6.45, 7) is 0. The van der Waals surface area contributed by atoms with Gasteiger partial charge in [-0.3, -0.25) is 0 Å². The Hall–Kier alpha value is -2.66. The van der Waals surface area contributed by atoms with Crippen LogP contribution in [0, 0.1) is 5.82 Å². The van der Waals surface area contributed by atoms with E-state index in [2.05, 4.69) is 15.9 Å². The van der Waals surface area contributed by atoms with Crippen molar-refractivity contribution in [3.8, 4) is 5.75 Å². The average Bonchev–Trinajstić information content (AvgIpc) is 2.98. The predicted octanol–water partition coefficient (Wildman–Crippen LogP) is 4.61. The molecule has 0 radical (unpaired) electrons. The van der Waals surface area contributed by atoms with Gasteiger partial charge in [0.25, 0.3) is 0 Å². The quantitative estimate of drug-likeness (QED) is 0.685. The van der Waals surface area contributed by atoms with Gasteiger partial charge in [-0.2, -0.15) is 0 Å². The lowest BCUT2D eigenvalue weighted by Gasteiger charge is -2.29. The molecule has 3 nitrogen and oxygen atoms in total. The lowest BCUT2D eigenvalue weighted by molar-refractivity contribution is 0.414. The van der Waals surface area contributed by atoms with Crippen LogP contribution in [0.1, 0.15) is 22.3 Å². The van der Waals surface area contributed by atoms with Gasteiger partial charge in [-0.25, -0.2) is 9.38 Å². The number of amidine groups is 1. The first-order valence-electron chi connectivity index (χ1n) is 8.11. The minimum atomic E-state index is -0.830. The van der Waals surface area contributed by atoms with E-state index in [1.807, 2.05) is 48.5 Å². The van der Waals surface area contributed by atoms with Crippen LogP contribution in [0.3, 0.4) is 0 Å². The highest BCUT2D eigenvalue weighted by molar-refractivity contribution is 9.10. The molecule has 1 unspecified atom stereocenters. The summed E-state index contributed by atoms with van der Waals surface area (Å²) in [6.07, 6.45) is 0. The number of aliphatic imine (C=N–C) groups is 1. The first kappa shape index (κ1) is 16.8. The minimum Gasteiger partial charge on any atom is -0.497 e. The van der Waals surface area contributed by atoms with E-state index in [0.717, 1.165) is 28.0 Å². The molecule has 0 amide bonds. The third-order valence-corrected chi connectivity index (χ3v) is 5.33. The Morgan fingerprint density at radius 1 is 1.00 bits per heavy atom. The number of methoxy groups -OCH3 is 1. The Morgan fingerprint density at radius 2 is 1.69 bits per heavy atom. The molecule has 1 atom stereocenters. The molecule has 0 spiro atoms. The summed E-state index contributed by atoms with van der Waals surface area (Å²) in [5, 5.41) is 0. The molecule has 0 bridgehead atoms. The van der Waals surface area contributed by atoms with Gasteiger partial charge in [0.1, 0.15) is 22.9 Å². The number of fused-ring (bicyclic) bond motifs is 1. The second-order valence-electron chi connectivity index (χ2n) is 6.11. The minimum absolute atomic E-state index is 0.318. The highest BCUT2D eigenvalue weighted by Crippen LogP contribution is 2.46. The van der Waals surface area contributed by atoms with Crippen molar-refractivity contribution in [2.45, 2.75) is 5.54 Å². The van der Waals surface area contributed by atoms with Crippen molar-refractivity contribution in [1.29, 1.82) is 0 Å². The molecule has 1 heterocycles. The monoisotopic (exact) mass is 410 g/mol. The highest BCUT2D eigenvalue weighted by Gasteiger charge is 2.42. The Balaban J connectivity index is 2.03. The number of hydrogen-bond acceptors (Lipinski definition) is 3. The van der Waals surface area contributed by atoms with Crippen molar-refractivity contribution >= 4 is 21.8 Å². The zero-order valence-electron chi connectivity index (χ0n) is 14.0. The van der Waals surface area contributed by atoms with Crippen LogP contribution in [0.15, 0.2) is 76.2 Å². The zero-order chi connectivity index (χ0) is 18.3. The molecule has 0 saturated carbocycles. The van der Waals surface area contributed by atoms with E-state index in [1.54, 1.807) is 19.2 Å². The van der Waals surface area contributed by atoms with Crippen molar-refractivity contribution in [1.82, 2.24) is 0 Å². The van der Waals surface area contributed by atoms with E-state index in [0.29, 0.717) is 10.3 Å². The lowest BCUT2D eigenvalue weighted by atomic mass is 9.77. The first-order valence-corrected chi connectivity index (χ1v) is 8.91. The Bertz CT molecular complexity index is 1020. The van der Waals surface area contributed by atoms with Crippen molar-refractivity contribution in [3.63, 3.8) is 0 Å². The molecule has 1 aliphatic rings. The molecule has 0 saturated heterocycles. The number of nitrogens with zero attached hydrogens (tertiary/aromatic N) is 1. The van der Waals surface area contributed by atoms with Gasteiger partial charge in [-0.1, -0.05) is 42.5 Å². The summed E-state index contributed by atoms with van der Waals surface area (Å²) in [6, 6.07) is 20.5. The molecular formula is C21H16BrFN2O. The van der Waals surface area contributed by atoms with E-state index in [1.165, 1.54) is 6.07 Å². The van der Waals surface area contributed by atoms with Crippen LogP contribution in [-0.2, 0) is 5.54 Å². The maximum atomic E-state index is 13.9. The largest absolute Gasteiger partial charge is 0.497 e. The molecule has 0 aromatic heterocycles. The van der Waals surface area contributed by atoms with Crippen LogP contribution in [0.25, 0.3) is 0 Å². The van der Waals surface area contributed by atoms with E-state index in [4.69, 9.17) is 15.5 Å². The fourth-order valence-electron chi connectivity index (χ4n) is 3.48. The molecule has 0 aliphatic carbocycles. The second-order valence-corrected chi connectivity index (χ2v) is 6.96. The third-order valence-electron chi connectivity index (χ3n) is 4.73. The molecule has 4 rings (SSSR count). The number of hydrogen-bond donors (Lipinski definition) is 1. The predicted molar refractivity (Wildman–Crippen MR) is 104 cm³/mol. The molecule has 26 heavy (non-hydrogen) atoms. The number of benzene rings is 3. The summed E-state index contributed by atoms with van der Waals surface area (Å²) >= 11 is 3.29. The van der Waals surface area contributed by atoms with Gasteiger partial charge in [-0.15, -0.1) is 0 Å². The summed E-state index contributed by atoms with van der Waals surface area (Å²) in [5.41, 5.74) is 9.07. The van der Waals surface area contributed by atoms with E-state index in [-0.39, 0.29) is 5.82 Å². The maximum absolute atomic E-state index is 13.9. The van der Waals surface area contributed by atoms with Crippen LogP contribution in [-0.4, -0.2) is 12.9 Å². The summed E-state index contributed by atoms with van der Waals surface area (Å²) in [7, 11) is 1.63. The van der Waals surface area contributed by atoms with Crippen LogP contribution in [0.2, 0.25) is 0 Å². The highest BCUT2D eigenvalue weighted by atomic mass is 79.9. The molecular weight excluding hydrogens is 395 g/mol. The van der Waals surface area contributed by atoms with Gasteiger partial charge < -0.3 is 10.5 Å². The van der Waals surface area contributed by atoms with Gasteiger partial charge in [0.05, 0.1) is 11.6 Å². The molecule has 130 valence electrons. The molecule has 2 N–H and O–H groups in total. The molecule has 5 heteroatoms. The van der Waals surface area contributed by atoms with E-state index < -0.39 is 5.54 Å². The standard InChI is InChI=1S/C21H16BrFN2O/c1-26-15-9-6-13(7-10-15)21(14-8-11-19(23)18(22)12-14)17-5-3-2-4-16(17)20(24)25-21/h2-12H,1H3,(H2,24,25). The molecule has 3 aromatic rings. The van der Waals surface area contributed by atoms with Crippen LogP contribution in [0.4, 0.5) is 4.39 Å². The third kappa shape index (κ3) is 2.42. The topological polar surface area (TPSA) is 47.6 Å². The SMILES string of the molecule is COc1ccc(C2(c3ccc(F)c(Br)c3)N=C(N)c3ccccc32)cc1. The lowest BCUT2D eigenvalue weighted by Crippen LogP contribution is -2.25. The normalized spacial score (nSPS) is 18.3. The van der Waals surface area contributed by atoms with E-state index >= 15 is 0 Å². The molecule has 3 aromatic carbocycles.